The number of benzene rings is 2. The third kappa shape index (κ3) is 9.27. The zero-order chi connectivity index (χ0) is 38.0. The van der Waals surface area contributed by atoms with Crippen LogP contribution in [-0.2, 0) is 33.9 Å². The zero-order valence-electron chi connectivity index (χ0n) is 30.3. The molecular weight excluding hydrogens is 701 g/mol. The Bertz CT molecular complexity index is 1850. The Morgan fingerprint density at radius 1 is 0.925 bits per heavy atom. The van der Waals surface area contributed by atoms with Gasteiger partial charge in [-0.15, -0.1) is 0 Å². The van der Waals surface area contributed by atoms with Crippen LogP contribution in [0.2, 0.25) is 0 Å². The van der Waals surface area contributed by atoms with E-state index in [1.165, 1.54) is 4.90 Å². The van der Waals surface area contributed by atoms with E-state index in [9.17, 15) is 32.4 Å². The first-order valence-electron chi connectivity index (χ1n) is 18.4. The summed E-state index contributed by atoms with van der Waals surface area (Å²) in [5.41, 5.74) is -0.174. The van der Waals surface area contributed by atoms with Gasteiger partial charge in [0.05, 0.1) is 17.4 Å². The molecule has 5 unspecified atom stereocenters. The van der Waals surface area contributed by atoms with Crippen LogP contribution in [0.5, 0.6) is 0 Å². The number of alkyl carbamates (subject to hydrolysis) is 1. The molecule has 2 aliphatic heterocycles. The fourth-order valence-corrected chi connectivity index (χ4v) is 8.31. The summed E-state index contributed by atoms with van der Waals surface area (Å²) in [4.78, 5) is 69.7. The summed E-state index contributed by atoms with van der Waals surface area (Å²) in [6.45, 7) is 4.98. The van der Waals surface area contributed by atoms with E-state index in [2.05, 4.69) is 15.4 Å². The van der Waals surface area contributed by atoms with Gasteiger partial charge >= 0.3 is 12.1 Å². The normalized spacial score (nSPS) is 26.5. The van der Waals surface area contributed by atoms with Gasteiger partial charge in [-0.2, -0.15) is 0 Å². The average Bonchev–Trinajstić information content (AvgIpc) is 4.03. The van der Waals surface area contributed by atoms with Gasteiger partial charge in [0, 0.05) is 12.3 Å². The summed E-state index contributed by atoms with van der Waals surface area (Å²) >= 11 is 0. The van der Waals surface area contributed by atoms with Crippen molar-refractivity contribution in [3.05, 3.63) is 72.3 Å². The first-order chi connectivity index (χ1) is 25.1. The van der Waals surface area contributed by atoms with Crippen LogP contribution in [0.3, 0.4) is 0 Å². The summed E-state index contributed by atoms with van der Waals surface area (Å²) < 4.78 is 39.1. The first-order valence-corrected chi connectivity index (χ1v) is 19.9. The SMILES string of the molecule is CC(C)(C)OC(=O)NC1CCCCCC=CC2CC2(C(=O)NS(=O)(=O)C2CC2)NC(=O)C2CC(OC(=O)c3ccc(-c4ccccc4)cc3)CN2C1=O. The van der Waals surface area contributed by atoms with Gasteiger partial charge in [-0.1, -0.05) is 67.5 Å². The van der Waals surface area contributed by atoms with E-state index in [1.54, 1.807) is 32.9 Å². The molecule has 6 rings (SSSR count). The molecule has 284 valence electrons. The maximum atomic E-state index is 14.3. The van der Waals surface area contributed by atoms with Crippen LogP contribution in [0.25, 0.3) is 11.1 Å². The molecule has 13 nitrogen and oxygen atoms in total. The maximum Gasteiger partial charge on any atom is 0.408 e. The van der Waals surface area contributed by atoms with Gasteiger partial charge in [-0.25, -0.2) is 18.0 Å². The fourth-order valence-electron chi connectivity index (χ4n) is 6.95. The number of sulfonamides is 1. The second-order valence-electron chi connectivity index (χ2n) is 15.4. The Morgan fingerprint density at radius 3 is 2.30 bits per heavy atom. The Morgan fingerprint density at radius 2 is 1.62 bits per heavy atom. The number of esters is 1. The average molecular weight is 749 g/mol. The molecule has 1 saturated heterocycles. The minimum Gasteiger partial charge on any atom is -0.457 e. The highest BCUT2D eigenvalue weighted by atomic mass is 32.2. The number of fused-ring (bicyclic) bond motifs is 2. The van der Waals surface area contributed by atoms with Crippen molar-refractivity contribution in [3.63, 3.8) is 0 Å². The van der Waals surface area contributed by atoms with Crippen molar-refractivity contribution in [2.24, 2.45) is 5.92 Å². The molecule has 0 spiro atoms. The van der Waals surface area contributed by atoms with Crippen molar-refractivity contribution in [3.8, 4) is 11.1 Å². The molecule has 0 bridgehead atoms. The lowest BCUT2D eigenvalue weighted by Crippen LogP contribution is -2.58. The largest absolute Gasteiger partial charge is 0.457 e. The van der Waals surface area contributed by atoms with Crippen LogP contribution in [0, 0.1) is 5.92 Å². The number of allylic oxidation sites excluding steroid dienone is 1. The molecule has 5 atom stereocenters. The highest BCUT2D eigenvalue weighted by Crippen LogP contribution is 2.46. The number of rotatable bonds is 7. The zero-order valence-corrected chi connectivity index (χ0v) is 31.2. The van der Waals surface area contributed by atoms with Crippen LogP contribution in [0.4, 0.5) is 4.79 Å². The van der Waals surface area contributed by atoms with E-state index >= 15 is 0 Å². The van der Waals surface area contributed by atoms with Crippen molar-refractivity contribution >= 4 is 39.8 Å². The Hall–Kier alpha value is -4.72. The van der Waals surface area contributed by atoms with Crippen LogP contribution in [-0.4, -0.2) is 84.2 Å². The number of carbonyl (C=O) groups excluding carboxylic acids is 5. The molecule has 2 heterocycles. The molecule has 3 fully saturated rings. The molecule has 2 aromatic rings. The third-order valence-corrected chi connectivity index (χ3v) is 11.9. The number of nitrogens with one attached hydrogen (secondary N) is 3. The Balaban J connectivity index is 1.25. The highest BCUT2D eigenvalue weighted by molar-refractivity contribution is 7.91. The van der Waals surface area contributed by atoms with Gasteiger partial charge in [0.2, 0.25) is 21.8 Å². The van der Waals surface area contributed by atoms with Crippen molar-refractivity contribution in [1.29, 1.82) is 0 Å². The van der Waals surface area contributed by atoms with Crippen LogP contribution < -0.4 is 15.4 Å². The van der Waals surface area contributed by atoms with Gasteiger partial charge in [-0.3, -0.25) is 19.1 Å². The lowest BCUT2D eigenvalue weighted by atomic mass is 10.0. The molecule has 2 saturated carbocycles. The first kappa shape index (κ1) is 38.0. The molecule has 2 aliphatic carbocycles. The molecule has 0 aromatic heterocycles. The van der Waals surface area contributed by atoms with Gasteiger partial charge in [0.15, 0.2) is 0 Å². The molecule has 0 radical (unpaired) electrons. The lowest BCUT2D eigenvalue weighted by Gasteiger charge is -2.30. The summed E-state index contributed by atoms with van der Waals surface area (Å²) in [5.74, 6) is -3.16. The van der Waals surface area contributed by atoms with Gasteiger partial charge in [-0.05, 0) is 82.6 Å². The molecule has 3 N–H and O–H groups in total. The van der Waals surface area contributed by atoms with Gasteiger partial charge in [0.1, 0.15) is 29.3 Å². The number of nitrogens with zero attached hydrogens (tertiary/aromatic N) is 1. The van der Waals surface area contributed by atoms with Crippen molar-refractivity contribution in [2.75, 3.05) is 6.54 Å². The standard InChI is InChI=1S/C39H48N4O9S/c1-38(2,3)52-37(48)40-31-15-11-6-4-5-10-14-28-23-39(28,36(47)42-53(49,50)30-20-21-30)41-33(44)32-22-29(24-43(32)34(31)45)51-35(46)27-18-16-26(17-19-27)25-12-8-7-9-13-25/h7-10,12-14,16-19,28-32H,4-6,11,15,20-24H2,1-3H3,(H,40,48)(H,41,44)(H,42,47). The van der Waals surface area contributed by atoms with Crippen molar-refractivity contribution in [1.82, 2.24) is 20.3 Å². The maximum absolute atomic E-state index is 14.3. The molecule has 4 amide bonds. The van der Waals surface area contributed by atoms with E-state index in [0.29, 0.717) is 25.7 Å². The topological polar surface area (TPSA) is 177 Å². The number of amides is 4. The molecular formula is C39H48N4O9S. The number of carbonyl (C=O) groups is 5. The number of hydrogen-bond donors (Lipinski definition) is 3. The Kier molecular flexibility index (Phi) is 11.0. The number of ether oxygens (including phenoxy) is 2. The van der Waals surface area contributed by atoms with Crippen molar-refractivity contribution < 1.29 is 41.9 Å². The molecule has 4 aliphatic rings. The van der Waals surface area contributed by atoms with E-state index in [4.69, 9.17) is 9.47 Å². The quantitative estimate of drug-likeness (QED) is 0.274. The predicted molar refractivity (Wildman–Crippen MR) is 196 cm³/mol. The second-order valence-corrected chi connectivity index (χ2v) is 17.4. The lowest BCUT2D eigenvalue weighted by molar-refractivity contribution is -0.141. The minimum absolute atomic E-state index is 0.0802. The van der Waals surface area contributed by atoms with E-state index in [1.807, 2.05) is 54.6 Å². The fraction of sp³-hybridized carbons (Fsp3) is 0.513. The summed E-state index contributed by atoms with van der Waals surface area (Å²) in [6, 6.07) is 14.4. The summed E-state index contributed by atoms with van der Waals surface area (Å²) in [7, 11) is -3.90. The van der Waals surface area contributed by atoms with E-state index < -0.39 is 80.3 Å². The van der Waals surface area contributed by atoms with E-state index in [0.717, 1.165) is 24.0 Å². The highest BCUT2D eigenvalue weighted by Gasteiger charge is 2.62. The smallest absolute Gasteiger partial charge is 0.408 e. The minimum atomic E-state index is -3.90. The van der Waals surface area contributed by atoms with Crippen LogP contribution in [0.1, 0.15) is 88.9 Å². The van der Waals surface area contributed by atoms with Gasteiger partial charge in [0.25, 0.3) is 5.91 Å². The summed E-state index contributed by atoms with van der Waals surface area (Å²) in [5, 5.41) is 4.86. The molecule has 2 aromatic carbocycles. The van der Waals surface area contributed by atoms with Crippen LogP contribution in [0.15, 0.2) is 66.7 Å². The second kappa shape index (κ2) is 15.3. The molecule has 53 heavy (non-hydrogen) atoms. The monoisotopic (exact) mass is 748 g/mol. The van der Waals surface area contributed by atoms with Crippen LogP contribution >= 0.6 is 0 Å². The van der Waals surface area contributed by atoms with E-state index in [-0.39, 0.29) is 31.4 Å². The van der Waals surface area contributed by atoms with Crippen molar-refractivity contribution in [2.45, 2.75) is 113 Å². The van der Waals surface area contributed by atoms with Gasteiger partial charge < -0.3 is 25.0 Å². The third-order valence-electron chi connectivity index (χ3n) is 10.0. The summed E-state index contributed by atoms with van der Waals surface area (Å²) in [6.07, 6.45) is 6.16. The molecule has 14 heteroatoms. The predicted octanol–water partition coefficient (Wildman–Crippen LogP) is 4.38. The Labute approximate surface area is 310 Å². The number of hydrogen-bond acceptors (Lipinski definition) is 9.